The van der Waals surface area contributed by atoms with Gasteiger partial charge in [-0.1, -0.05) is 60.7 Å². The molecule has 41 heavy (non-hydrogen) atoms. The number of ether oxygens (including phenoxy) is 2. The first-order valence-electron chi connectivity index (χ1n) is 12.8. The number of aryl methyl sites for hydroxylation is 1. The first-order chi connectivity index (χ1) is 19.8. The zero-order chi connectivity index (χ0) is 28.8. The fraction of sp³-hybridized carbons (Fsp3) is 0.161. The van der Waals surface area contributed by atoms with Crippen molar-refractivity contribution in [1.29, 1.82) is 0 Å². The van der Waals surface area contributed by atoms with Crippen LogP contribution in [0.2, 0.25) is 0 Å². The van der Waals surface area contributed by atoms with Gasteiger partial charge >= 0.3 is 12.1 Å². The Hall–Kier alpha value is -4.83. The van der Waals surface area contributed by atoms with Crippen molar-refractivity contribution in [2.24, 2.45) is 5.73 Å². The molecule has 208 valence electrons. The van der Waals surface area contributed by atoms with Gasteiger partial charge in [0.05, 0.1) is 23.5 Å². The van der Waals surface area contributed by atoms with Crippen molar-refractivity contribution >= 4 is 17.0 Å². The molecule has 0 aliphatic rings. The van der Waals surface area contributed by atoms with E-state index in [1.807, 2.05) is 60.7 Å². The number of benzene rings is 3. The molecule has 7 nitrogen and oxygen atoms in total. The van der Waals surface area contributed by atoms with Crippen molar-refractivity contribution in [1.82, 2.24) is 15.0 Å². The lowest BCUT2D eigenvalue weighted by Gasteiger charge is -2.16. The number of nitrogens with zero attached hydrogens (tertiary/aromatic N) is 3. The molecule has 1 atom stereocenters. The fourth-order valence-corrected chi connectivity index (χ4v) is 4.26. The van der Waals surface area contributed by atoms with Crippen LogP contribution in [-0.4, -0.2) is 33.7 Å². The minimum atomic E-state index is -5.13. The van der Waals surface area contributed by atoms with Gasteiger partial charge in [0.15, 0.2) is 6.23 Å². The fourth-order valence-electron chi connectivity index (χ4n) is 4.26. The predicted octanol–water partition coefficient (Wildman–Crippen LogP) is 6.43. The van der Waals surface area contributed by atoms with Gasteiger partial charge in [-0.15, -0.1) is 0 Å². The summed E-state index contributed by atoms with van der Waals surface area (Å²) in [5.74, 6) is -1.74. The van der Waals surface area contributed by atoms with E-state index in [-0.39, 0.29) is 5.56 Å². The van der Waals surface area contributed by atoms with Crippen LogP contribution in [0, 0.1) is 0 Å². The third-order valence-electron chi connectivity index (χ3n) is 6.30. The van der Waals surface area contributed by atoms with Gasteiger partial charge in [-0.25, -0.2) is 14.8 Å². The first-order valence-corrected chi connectivity index (χ1v) is 12.8. The molecule has 3 aromatic carbocycles. The van der Waals surface area contributed by atoms with Crippen LogP contribution >= 0.6 is 0 Å². The smallest absolute Gasteiger partial charge is 0.490 e. The number of rotatable bonds is 9. The van der Waals surface area contributed by atoms with Crippen LogP contribution in [0.25, 0.3) is 33.5 Å². The summed E-state index contributed by atoms with van der Waals surface area (Å²) in [4.78, 5) is 25.1. The van der Waals surface area contributed by atoms with Gasteiger partial charge in [0, 0.05) is 29.1 Å². The molecule has 0 fully saturated rings. The predicted molar refractivity (Wildman–Crippen MR) is 148 cm³/mol. The van der Waals surface area contributed by atoms with Crippen molar-refractivity contribution in [2.75, 3.05) is 6.61 Å². The molecule has 5 aromatic rings. The second kappa shape index (κ2) is 12.1. The average molecular weight is 559 g/mol. The van der Waals surface area contributed by atoms with E-state index in [0.29, 0.717) is 40.3 Å². The average Bonchev–Trinajstić information content (AvgIpc) is 2.99. The Morgan fingerprint density at radius 3 is 2.22 bits per heavy atom. The van der Waals surface area contributed by atoms with Crippen LogP contribution < -0.4 is 10.5 Å². The second-order valence-electron chi connectivity index (χ2n) is 9.16. The maximum Gasteiger partial charge on any atom is 0.490 e. The largest absolute Gasteiger partial charge is 0.491 e. The van der Waals surface area contributed by atoms with Crippen molar-refractivity contribution in [3.8, 4) is 28.3 Å². The Labute approximate surface area is 233 Å². The first kappa shape index (κ1) is 27.7. The van der Waals surface area contributed by atoms with Crippen LogP contribution in [0.15, 0.2) is 97.3 Å². The molecule has 2 aromatic heterocycles. The highest BCUT2D eigenvalue weighted by atomic mass is 19.4. The number of pyridine rings is 1. The van der Waals surface area contributed by atoms with Gasteiger partial charge in [0.2, 0.25) is 0 Å². The molecule has 0 aliphatic carbocycles. The summed E-state index contributed by atoms with van der Waals surface area (Å²) in [5.41, 5.74) is 10.9. The van der Waals surface area contributed by atoms with Crippen molar-refractivity contribution in [2.45, 2.75) is 25.2 Å². The SMILES string of the molecule is NC(OC(=O)C(F)(F)F)c1ccc(-c2nc3cccc(OCCCc4ccncc4)c3nc2-c2ccccc2)cc1. The Bertz CT molecular complexity index is 1630. The summed E-state index contributed by atoms with van der Waals surface area (Å²) >= 11 is 0. The molecular formula is C31H25F3N4O3. The van der Waals surface area contributed by atoms with Gasteiger partial charge in [0.25, 0.3) is 0 Å². The summed E-state index contributed by atoms with van der Waals surface area (Å²) in [6, 6.07) is 25.3. The number of hydrogen-bond donors (Lipinski definition) is 1. The lowest BCUT2D eigenvalue weighted by molar-refractivity contribution is -0.205. The molecular weight excluding hydrogens is 533 g/mol. The summed E-state index contributed by atoms with van der Waals surface area (Å²) in [7, 11) is 0. The van der Waals surface area contributed by atoms with E-state index in [0.717, 1.165) is 18.4 Å². The van der Waals surface area contributed by atoms with Crippen molar-refractivity contribution in [3.05, 3.63) is 108 Å². The van der Waals surface area contributed by atoms with E-state index in [1.165, 1.54) is 17.7 Å². The lowest BCUT2D eigenvalue weighted by Crippen LogP contribution is -2.29. The number of carbonyl (C=O) groups excluding carboxylic acids is 1. The molecule has 0 saturated carbocycles. The van der Waals surface area contributed by atoms with Gasteiger partial charge in [0.1, 0.15) is 11.3 Å². The molecule has 1 unspecified atom stereocenters. The number of halogens is 3. The number of esters is 1. The number of fused-ring (bicyclic) bond motifs is 1. The molecule has 2 N–H and O–H groups in total. The highest BCUT2D eigenvalue weighted by molar-refractivity contribution is 5.89. The number of para-hydroxylation sites is 1. The van der Waals surface area contributed by atoms with E-state index >= 15 is 0 Å². The van der Waals surface area contributed by atoms with Gasteiger partial charge in [-0.3, -0.25) is 10.7 Å². The minimum Gasteiger partial charge on any atom is -0.491 e. The molecule has 0 saturated heterocycles. The molecule has 2 heterocycles. The molecule has 10 heteroatoms. The van der Waals surface area contributed by atoms with Crippen LogP contribution in [0.5, 0.6) is 5.75 Å². The number of aromatic nitrogens is 3. The topological polar surface area (TPSA) is 100 Å². The number of hydrogen-bond acceptors (Lipinski definition) is 7. The third-order valence-corrected chi connectivity index (χ3v) is 6.30. The number of nitrogens with two attached hydrogens (primary N) is 1. The van der Waals surface area contributed by atoms with E-state index in [2.05, 4.69) is 9.72 Å². The van der Waals surface area contributed by atoms with E-state index in [4.69, 9.17) is 20.4 Å². The second-order valence-corrected chi connectivity index (χ2v) is 9.16. The number of alkyl halides is 3. The Balaban J connectivity index is 1.44. The highest BCUT2D eigenvalue weighted by Gasteiger charge is 2.42. The van der Waals surface area contributed by atoms with E-state index in [1.54, 1.807) is 24.5 Å². The Morgan fingerprint density at radius 2 is 1.51 bits per heavy atom. The van der Waals surface area contributed by atoms with Crippen LogP contribution in [0.4, 0.5) is 13.2 Å². The van der Waals surface area contributed by atoms with Gasteiger partial charge in [-0.05, 0) is 42.7 Å². The normalized spacial score (nSPS) is 12.2. The van der Waals surface area contributed by atoms with Crippen LogP contribution in [0.3, 0.4) is 0 Å². The summed E-state index contributed by atoms with van der Waals surface area (Å²) in [6.07, 6.45) is -1.51. The van der Waals surface area contributed by atoms with Crippen molar-refractivity contribution < 1.29 is 27.4 Å². The van der Waals surface area contributed by atoms with E-state index in [9.17, 15) is 18.0 Å². The van der Waals surface area contributed by atoms with Gasteiger partial charge < -0.3 is 9.47 Å². The summed E-state index contributed by atoms with van der Waals surface area (Å²) in [5, 5.41) is 0. The number of carbonyl (C=O) groups is 1. The molecule has 5 rings (SSSR count). The molecule has 0 radical (unpaired) electrons. The maximum absolute atomic E-state index is 12.6. The van der Waals surface area contributed by atoms with Crippen molar-refractivity contribution in [3.63, 3.8) is 0 Å². The Kier molecular flexibility index (Phi) is 8.21. The van der Waals surface area contributed by atoms with E-state index < -0.39 is 18.4 Å². The van der Waals surface area contributed by atoms with Crippen LogP contribution in [-0.2, 0) is 16.0 Å². The lowest BCUT2D eigenvalue weighted by atomic mass is 10.0. The minimum absolute atomic E-state index is 0.198. The quantitative estimate of drug-likeness (QED) is 0.126. The Morgan fingerprint density at radius 1 is 0.829 bits per heavy atom. The molecule has 0 bridgehead atoms. The summed E-state index contributed by atoms with van der Waals surface area (Å²) < 4.78 is 48.2. The highest BCUT2D eigenvalue weighted by Crippen LogP contribution is 2.34. The zero-order valence-electron chi connectivity index (χ0n) is 21.7. The van der Waals surface area contributed by atoms with Crippen LogP contribution in [0.1, 0.15) is 23.8 Å². The standard InChI is InChI=1S/C31H25F3N4O3/c32-31(33,34)30(39)41-29(35)23-13-11-22(12-14-23)26-27(21-7-2-1-3-8-21)38-28-24(37-26)9-4-10-25(28)40-19-5-6-20-15-17-36-18-16-20/h1-4,7-18,29H,5-6,19,35H2. The third kappa shape index (κ3) is 6.67. The van der Waals surface area contributed by atoms with Gasteiger partial charge in [-0.2, -0.15) is 13.2 Å². The molecule has 0 spiro atoms. The monoisotopic (exact) mass is 558 g/mol. The zero-order valence-corrected chi connectivity index (χ0v) is 21.7. The molecule has 0 aliphatic heterocycles. The summed E-state index contributed by atoms with van der Waals surface area (Å²) in [6.45, 7) is 0.492. The maximum atomic E-state index is 12.6. The molecule has 0 amide bonds.